The number of para-hydroxylation sites is 2. The minimum absolute atomic E-state index is 0.0831. The zero-order chi connectivity index (χ0) is 12.3. The molecule has 1 aromatic heterocycles. The largest absolute Gasteiger partial charge is 0.417 e. The molecule has 17 heavy (non-hydrogen) atoms. The molecule has 7 heteroatoms. The van der Waals surface area contributed by atoms with Crippen molar-refractivity contribution >= 4 is 28.3 Å². The molecule has 2 rings (SSSR count). The molecule has 0 amide bonds. The molecule has 0 saturated heterocycles. The van der Waals surface area contributed by atoms with Gasteiger partial charge in [0, 0.05) is 22.0 Å². The summed E-state index contributed by atoms with van der Waals surface area (Å²) in [5, 5.41) is 10.7. The Bertz CT molecular complexity index is 545. The van der Waals surface area contributed by atoms with Crippen LogP contribution < -0.4 is 4.74 Å². The van der Waals surface area contributed by atoms with Crippen molar-refractivity contribution < 1.29 is 9.66 Å². The van der Waals surface area contributed by atoms with E-state index in [2.05, 4.69) is 32.6 Å². The third-order valence-corrected chi connectivity index (χ3v) is 2.42. The van der Waals surface area contributed by atoms with Crippen molar-refractivity contribution in [2.24, 2.45) is 0 Å². The molecule has 2 aromatic rings. The first-order valence-corrected chi connectivity index (χ1v) is 5.63. The highest BCUT2D eigenvalue weighted by Gasteiger charge is 2.15. The molecule has 0 saturated carbocycles. The Hall–Kier alpha value is -1.77. The summed E-state index contributed by atoms with van der Waals surface area (Å²) < 4.78 is 6.12. The van der Waals surface area contributed by atoms with Crippen molar-refractivity contribution in [2.45, 2.75) is 0 Å². The van der Waals surface area contributed by atoms with Crippen LogP contribution in [0, 0.1) is 13.7 Å². The molecular formula is C10H6IN3O3. The van der Waals surface area contributed by atoms with Crippen LogP contribution in [0.5, 0.6) is 11.8 Å². The SMILES string of the molecule is O=[N+]([O-])c1ccccc1Oc1ncc(I)cn1. The van der Waals surface area contributed by atoms with Gasteiger partial charge in [0.1, 0.15) is 0 Å². The highest BCUT2D eigenvalue weighted by atomic mass is 127. The van der Waals surface area contributed by atoms with Crippen molar-refractivity contribution in [3.05, 3.63) is 50.3 Å². The lowest BCUT2D eigenvalue weighted by Crippen LogP contribution is -1.96. The van der Waals surface area contributed by atoms with E-state index >= 15 is 0 Å². The average molecular weight is 343 g/mol. The summed E-state index contributed by atoms with van der Waals surface area (Å²) in [5.41, 5.74) is -0.116. The van der Waals surface area contributed by atoms with Crippen LogP contribution in [-0.2, 0) is 0 Å². The third kappa shape index (κ3) is 2.87. The number of halogens is 1. The summed E-state index contributed by atoms with van der Waals surface area (Å²) in [5.74, 6) is 0.124. The van der Waals surface area contributed by atoms with E-state index in [9.17, 15) is 10.1 Å². The fourth-order valence-electron chi connectivity index (χ4n) is 1.15. The highest BCUT2D eigenvalue weighted by Crippen LogP contribution is 2.28. The minimum Gasteiger partial charge on any atom is -0.417 e. The van der Waals surface area contributed by atoms with Gasteiger partial charge in [-0.2, -0.15) is 0 Å². The van der Waals surface area contributed by atoms with Crippen molar-refractivity contribution in [3.8, 4) is 11.8 Å². The maximum atomic E-state index is 10.7. The predicted molar refractivity (Wildman–Crippen MR) is 67.9 cm³/mol. The monoisotopic (exact) mass is 343 g/mol. The summed E-state index contributed by atoms with van der Waals surface area (Å²) in [6.07, 6.45) is 3.13. The fourth-order valence-corrected chi connectivity index (χ4v) is 1.42. The van der Waals surface area contributed by atoms with E-state index in [1.807, 2.05) is 0 Å². The number of nitro benzene ring substituents is 1. The van der Waals surface area contributed by atoms with Gasteiger partial charge in [-0.05, 0) is 28.7 Å². The Morgan fingerprint density at radius 2 is 1.88 bits per heavy atom. The van der Waals surface area contributed by atoms with E-state index < -0.39 is 4.92 Å². The van der Waals surface area contributed by atoms with Crippen LogP contribution >= 0.6 is 22.6 Å². The zero-order valence-electron chi connectivity index (χ0n) is 8.41. The van der Waals surface area contributed by atoms with Gasteiger partial charge in [0.2, 0.25) is 5.75 Å². The van der Waals surface area contributed by atoms with Crippen molar-refractivity contribution in [3.63, 3.8) is 0 Å². The van der Waals surface area contributed by atoms with Gasteiger partial charge in [-0.3, -0.25) is 10.1 Å². The normalized spacial score (nSPS) is 9.94. The van der Waals surface area contributed by atoms with Crippen molar-refractivity contribution in [1.82, 2.24) is 9.97 Å². The topological polar surface area (TPSA) is 78.2 Å². The molecule has 0 aliphatic carbocycles. The predicted octanol–water partition coefficient (Wildman–Crippen LogP) is 2.78. The lowest BCUT2D eigenvalue weighted by Gasteiger charge is -2.03. The molecule has 0 N–H and O–H groups in total. The molecule has 0 unspecified atom stereocenters. The van der Waals surface area contributed by atoms with Gasteiger partial charge >= 0.3 is 11.7 Å². The standard InChI is InChI=1S/C10H6IN3O3/c11-7-5-12-10(13-6-7)17-9-4-2-1-3-8(9)14(15)16/h1-6H. The molecule has 6 nitrogen and oxygen atoms in total. The van der Waals surface area contributed by atoms with E-state index in [0.29, 0.717) is 0 Å². The van der Waals surface area contributed by atoms with E-state index in [1.165, 1.54) is 12.1 Å². The van der Waals surface area contributed by atoms with E-state index in [0.717, 1.165) is 3.57 Å². The molecule has 0 radical (unpaired) electrons. The summed E-state index contributed by atoms with van der Waals surface area (Å²) in [4.78, 5) is 18.1. The van der Waals surface area contributed by atoms with Crippen LogP contribution in [0.1, 0.15) is 0 Å². The lowest BCUT2D eigenvalue weighted by molar-refractivity contribution is -0.385. The molecule has 86 valence electrons. The van der Waals surface area contributed by atoms with Crippen LogP contribution in [0.15, 0.2) is 36.7 Å². The first-order valence-electron chi connectivity index (χ1n) is 4.55. The molecule has 1 heterocycles. The van der Waals surface area contributed by atoms with Gasteiger partial charge in [-0.1, -0.05) is 12.1 Å². The second-order valence-electron chi connectivity index (χ2n) is 3.01. The van der Waals surface area contributed by atoms with Crippen LogP contribution in [0.25, 0.3) is 0 Å². The highest BCUT2D eigenvalue weighted by molar-refractivity contribution is 14.1. The summed E-state index contributed by atoms with van der Waals surface area (Å²) >= 11 is 2.06. The number of rotatable bonds is 3. The first-order chi connectivity index (χ1) is 8.16. The van der Waals surface area contributed by atoms with Crippen LogP contribution in [-0.4, -0.2) is 14.9 Å². The van der Waals surface area contributed by atoms with Crippen LogP contribution in [0.4, 0.5) is 5.69 Å². The second-order valence-corrected chi connectivity index (χ2v) is 4.26. The average Bonchev–Trinajstić information content (AvgIpc) is 2.32. The summed E-state index contributed by atoms with van der Waals surface area (Å²) in [6, 6.07) is 6.16. The van der Waals surface area contributed by atoms with Gasteiger partial charge in [0.15, 0.2) is 0 Å². The Morgan fingerprint density at radius 3 is 2.53 bits per heavy atom. The molecule has 0 aliphatic heterocycles. The molecule has 0 spiro atoms. The van der Waals surface area contributed by atoms with Crippen molar-refractivity contribution in [1.29, 1.82) is 0 Å². The number of aromatic nitrogens is 2. The smallest absolute Gasteiger partial charge is 0.322 e. The van der Waals surface area contributed by atoms with Gasteiger partial charge in [-0.15, -0.1) is 0 Å². The lowest BCUT2D eigenvalue weighted by atomic mass is 10.3. The Balaban J connectivity index is 2.30. The molecule has 0 bridgehead atoms. The number of hydrogen-bond donors (Lipinski definition) is 0. The molecular weight excluding hydrogens is 337 g/mol. The quantitative estimate of drug-likeness (QED) is 0.487. The number of ether oxygens (including phenoxy) is 1. The molecule has 0 atom stereocenters. The van der Waals surface area contributed by atoms with Crippen LogP contribution in [0.3, 0.4) is 0 Å². The first kappa shape index (κ1) is 11.7. The summed E-state index contributed by atoms with van der Waals surface area (Å²) in [7, 11) is 0. The Morgan fingerprint density at radius 1 is 1.24 bits per heavy atom. The van der Waals surface area contributed by atoms with E-state index in [-0.39, 0.29) is 17.4 Å². The fraction of sp³-hybridized carbons (Fsp3) is 0. The number of hydrogen-bond acceptors (Lipinski definition) is 5. The second kappa shape index (κ2) is 5.04. The van der Waals surface area contributed by atoms with Gasteiger partial charge in [0.25, 0.3) is 0 Å². The van der Waals surface area contributed by atoms with E-state index in [1.54, 1.807) is 24.5 Å². The van der Waals surface area contributed by atoms with Gasteiger partial charge in [0.05, 0.1) is 4.92 Å². The van der Waals surface area contributed by atoms with Gasteiger partial charge < -0.3 is 4.74 Å². The molecule has 1 aromatic carbocycles. The molecule has 0 fully saturated rings. The van der Waals surface area contributed by atoms with Gasteiger partial charge in [-0.25, -0.2) is 9.97 Å². The maximum absolute atomic E-state index is 10.7. The zero-order valence-corrected chi connectivity index (χ0v) is 10.6. The third-order valence-electron chi connectivity index (χ3n) is 1.86. The number of nitrogens with zero attached hydrogens (tertiary/aromatic N) is 3. The van der Waals surface area contributed by atoms with E-state index in [4.69, 9.17) is 4.74 Å². The summed E-state index contributed by atoms with van der Waals surface area (Å²) in [6.45, 7) is 0. The molecule has 0 aliphatic rings. The number of benzene rings is 1. The minimum atomic E-state index is -0.512. The Kier molecular flexibility index (Phi) is 3.47. The van der Waals surface area contributed by atoms with Crippen molar-refractivity contribution in [2.75, 3.05) is 0 Å². The Labute approximate surface area is 110 Å². The maximum Gasteiger partial charge on any atom is 0.322 e. The van der Waals surface area contributed by atoms with Crippen LogP contribution in [0.2, 0.25) is 0 Å². The number of nitro groups is 1.